The van der Waals surface area contributed by atoms with Crippen LogP contribution in [0.5, 0.6) is 0 Å². The van der Waals surface area contributed by atoms with E-state index in [0.29, 0.717) is 5.56 Å². The number of aromatic amines is 1. The van der Waals surface area contributed by atoms with Gasteiger partial charge in [-0.2, -0.15) is 5.10 Å². The summed E-state index contributed by atoms with van der Waals surface area (Å²) >= 11 is 0. The minimum absolute atomic E-state index is 0.266. The van der Waals surface area contributed by atoms with Gasteiger partial charge in [-0.3, -0.25) is 14.9 Å². The van der Waals surface area contributed by atoms with Crippen LogP contribution in [-0.4, -0.2) is 21.0 Å². The molecule has 5 heteroatoms. The van der Waals surface area contributed by atoms with E-state index in [2.05, 4.69) is 15.2 Å². The first-order valence-corrected chi connectivity index (χ1v) is 6.00. The molecule has 0 atom stereocenters. The molecule has 0 fully saturated rings. The highest BCUT2D eigenvalue weighted by Crippen LogP contribution is 2.23. The van der Waals surface area contributed by atoms with Crippen molar-refractivity contribution in [3.8, 4) is 11.1 Å². The second-order valence-electron chi connectivity index (χ2n) is 4.22. The Balaban J connectivity index is 2.04. The fraction of sp³-hybridized carbons (Fsp3) is 0. The minimum atomic E-state index is -0.447. The van der Waals surface area contributed by atoms with Gasteiger partial charge < -0.3 is 0 Å². The van der Waals surface area contributed by atoms with E-state index in [1.807, 2.05) is 0 Å². The molecule has 0 saturated carbocycles. The number of pyridine rings is 1. The Labute approximate surface area is 114 Å². The van der Waals surface area contributed by atoms with Crippen LogP contribution in [0.3, 0.4) is 0 Å². The molecule has 2 aromatic heterocycles. The highest BCUT2D eigenvalue weighted by Gasteiger charge is 2.18. The van der Waals surface area contributed by atoms with Gasteiger partial charge in [0, 0.05) is 29.7 Å². The Morgan fingerprint density at radius 1 is 1.15 bits per heavy atom. The summed E-state index contributed by atoms with van der Waals surface area (Å²) in [6.07, 6.45) is 4.92. The lowest BCUT2D eigenvalue weighted by Gasteiger charge is -2.02. The number of halogens is 1. The van der Waals surface area contributed by atoms with Crippen molar-refractivity contribution in [3.63, 3.8) is 0 Å². The molecule has 0 aliphatic rings. The predicted molar refractivity (Wildman–Crippen MR) is 71.7 cm³/mol. The fourth-order valence-corrected chi connectivity index (χ4v) is 1.98. The van der Waals surface area contributed by atoms with Crippen LogP contribution in [0.15, 0.2) is 55.0 Å². The standard InChI is InChI=1S/C15H10FN3O/c16-12-3-1-2-11(8-12)15(20)14-13(9-18-19-14)10-4-6-17-7-5-10/h1-9H,(H,18,19). The van der Waals surface area contributed by atoms with Crippen LogP contribution >= 0.6 is 0 Å². The van der Waals surface area contributed by atoms with Gasteiger partial charge in [-0.15, -0.1) is 0 Å². The van der Waals surface area contributed by atoms with E-state index in [0.717, 1.165) is 5.56 Å². The number of rotatable bonds is 3. The topological polar surface area (TPSA) is 58.6 Å². The molecule has 0 unspecified atom stereocenters. The normalized spacial score (nSPS) is 10.4. The van der Waals surface area contributed by atoms with Crippen molar-refractivity contribution in [3.05, 3.63) is 72.1 Å². The van der Waals surface area contributed by atoms with Crippen molar-refractivity contribution in [2.24, 2.45) is 0 Å². The summed E-state index contributed by atoms with van der Waals surface area (Å²) in [7, 11) is 0. The molecule has 0 radical (unpaired) electrons. The van der Waals surface area contributed by atoms with Gasteiger partial charge in [0.15, 0.2) is 0 Å². The molecule has 1 N–H and O–H groups in total. The van der Waals surface area contributed by atoms with Crippen LogP contribution in [0.4, 0.5) is 4.39 Å². The zero-order valence-electron chi connectivity index (χ0n) is 10.4. The smallest absolute Gasteiger partial charge is 0.213 e. The van der Waals surface area contributed by atoms with Gasteiger partial charge in [-0.05, 0) is 29.8 Å². The summed E-state index contributed by atoms with van der Waals surface area (Å²) in [5.74, 6) is -0.769. The van der Waals surface area contributed by atoms with Crippen molar-refractivity contribution in [1.82, 2.24) is 15.2 Å². The number of carbonyl (C=O) groups is 1. The Bertz CT molecular complexity index is 753. The highest BCUT2D eigenvalue weighted by atomic mass is 19.1. The summed E-state index contributed by atoms with van der Waals surface area (Å²) in [6.45, 7) is 0. The van der Waals surface area contributed by atoms with Crippen molar-refractivity contribution in [1.29, 1.82) is 0 Å². The second-order valence-corrected chi connectivity index (χ2v) is 4.22. The Morgan fingerprint density at radius 2 is 1.95 bits per heavy atom. The minimum Gasteiger partial charge on any atom is -0.287 e. The molecule has 0 aliphatic carbocycles. The second kappa shape index (κ2) is 5.05. The number of hydrogen-bond donors (Lipinski definition) is 1. The van der Waals surface area contributed by atoms with E-state index in [4.69, 9.17) is 0 Å². The van der Waals surface area contributed by atoms with Gasteiger partial charge in [-0.1, -0.05) is 12.1 Å². The number of nitrogens with one attached hydrogen (secondary N) is 1. The van der Waals surface area contributed by atoms with Gasteiger partial charge in [0.25, 0.3) is 0 Å². The molecule has 0 bridgehead atoms. The molecule has 2 heterocycles. The fourth-order valence-electron chi connectivity index (χ4n) is 1.98. The first kappa shape index (κ1) is 12.2. The van der Waals surface area contributed by atoms with Gasteiger partial charge in [-0.25, -0.2) is 4.39 Å². The highest BCUT2D eigenvalue weighted by molar-refractivity contribution is 6.11. The molecular weight excluding hydrogens is 257 g/mol. The third-order valence-electron chi connectivity index (χ3n) is 2.93. The monoisotopic (exact) mass is 267 g/mol. The maximum atomic E-state index is 13.2. The summed E-state index contributed by atoms with van der Waals surface area (Å²) in [5, 5.41) is 6.66. The molecule has 0 saturated heterocycles. The third-order valence-corrected chi connectivity index (χ3v) is 2.93. The summed E-state index contributed by atoms with van der Waals surface area (Å²) < 4.78 is 13.2. The number of carbonyl (C=O) groups excluding carboxylic acids is 1. The lowest BCUT2D eigenvalue weighted by molar-refractivity contribution is 0.103. The molecule has 20 heavy (non-hydrogen) atoms. The van der Waals surface area contributed by atoms with Gasteiger partial charge in [0.2, 0.25) is 5.78 Å². The van der Waals surface area contributed by atoms with Crippen molar-refractivity contribution in [2.75, 3.05) is 0 Å². The van der Waals surface area contributed by atoms with Crippen molar-refractivity contribution in [2.45, 2.75) is 0 Å². The number of ketones is 1. The molecule has 3 rings (SSSR count). The lowest BCUT2D eigenvalue weighted by atomic mass is 10.0. The third kappa shape index (κ3) is 2.21. The summed E-state index contributed by atoms with van der Waals surface area (Å²) in [4.78, 5) is 16.3. The van der Waals surface area contributed by atoms with Crippen LogP contribution < -0.4 is 0 Å². The Hall–Kier alpha value is -2.82. The molecule has 98 valence electrons. The van der Waals surface area contributed by atoms with Crippen molar-refractivity contribution < 1.29 is 9.18 Å². The Kier molecular flexibility index (Phi) is 3.09. The molecule has 0 amide bonds. The molecule has 3 aromatic rings. The average molecular weight is 267 g/mol. The van der Waals surface area contributed by atoms with Crippen LogP contribution in [0.1, 0.15) is 16.1 Å². The maximum absolute atomic E-state index is 13.2. The van der Waals surface area contributed by atoms with E-state index in [1.54, 1.807) is 36.8 Å². The molecule has 4 nitrogen and oxygen atoms in total. The first-order valence-electron chi connectivity index (χ1n) is 6.00. The predicted octanol–water partition coefficient (Wildman–Crippen LogP) is 2.84. The molecule has 0 spiro atoms. The lowest BCUT2D eigenvalue weighted by Crippen LogP contribution is -2.04. The molecule has 1 aromatic carbocycles. The zero-order chi connectivity index (χ0) is 13.9. The summed E-state index contributed by atoms with van der Waals surface area (Å²) in [5.41, 5.74) is 2.03. The summed E-state index contributed by atoms with van der Waals surface area (Å²) in [6, 6.07) is 9.14. The largest absolute Gasteiger partial charge is 0.287 e. The van der Waals surface area contributed by atoms with Gasteiger partial charge in [0.1, 0.15) is 11.5 Å². The number of benzene rings is 1. The number of nitrogens with zero attached hydrogens (tertiary/aromatic N) is 2. The van der Waals surface area contributed by atoms with E-state index >= 15 is 0 Å². The number of H-pyrrole nitrogens is 1. The van der Waals surface area contributed by atoms with E-state index < -0.39 is 5.82 Å². The van der Waals surface area contributed by atoms with Crippen LogP contribution in [0.2, 0.25) is 0 Å². The molecular formula is C15H10FN3O. The SMILES string of the molecule is O=C(c1cccc(F)c1)c1n[nH]cc1-c1ccncc1. The van der Waals surface area contributed by atoms with E-state index in [-0.39, 0.29) is 17.0 Å². The Morgan fingerprint density at radius 3 is 2.70 bits per heavy atom. The van der Waals surface area contributed by atoms with Crippen molar-refractivity contribution >= 4 is 5.78 Å². The first-order chi connectivity index (χ1) is 9.75. The van der Waals surface area contributed by atoms with Crippen LogP contribution in [-0.2, 0) is 0 Å². The van der Waals surface area contributed by atoms with E-state index in [9.17, 15) is 9.18 Å². The van der Waals surface area contributed by atoms with Gasteiger partial charge in [0.05, 0.1) is 0 Å². The van der Waals surface area contributed by atoms with Gasteiger partial charge >= 0.3 is 0 Å². The quantitative estimate of drug-likeness (QED) is 0.742. The number of hydrogen-bond acceptors (Lipinski definition) is 3. The zero-order valence-corrected chi connectivity index (χ0v) is 10.4. The molecule has 0 aliphatic heterocycles. The van der Waals surface area contributed by atoms with Crippen LogP contribution in [0.25, 0.3) is 11.1 Å². The average Bonchev–Trinajstić information content (AvgIpc) is 2.97. The number of aromatic nitrogens is 3. The maximum Gasteiger partial charge on any atom is 0.213 e. The van der Waals surface area contributed by atoms with E-state index in [1.165, 1.54) is 18.2 Å². The van der Waals surface area contributed by atoms with Crippen LogP contribution in [0, 0.1) is 5.82 Å².